The SMILES string of the molecule is CC.CCc1c(C)c2cc3[nH]c(cc4nc(c(C)c5nc(cc1[nH]2)C(C)=C5)[C@@H](CCC(=O)N[C@H]1CC(O)[C@@H](CO)OC1O)C4C)c(C)c3CC. The second-order valence-electron chi connectivity index (χ2n) is 13.7. The van der Waals surface area contributed by atoms with Gasteiger partial charge in [-0.3, -0.25) is 9.78 Å². The van der Waals surface area contributed by atoms with Gasteiger partial charge >= 0.3 is 0 Å². The first kappa shape index (κ1) is 37.4. The number of hydrogen-bond donors (Lipinski definition) is 6. The van der Waals surface area contributed by atoms with Gasteiger partial charge in [-0.05, 0) is 105 Å². The number of H-pyrrole nitrogens is 2. The fourth-order valence-electron chi connectivity index (χ4n) is 7.66. The second-order valence-corrected chi connectivity index (χ2v) is 13.7. The van der Waals surface area contributed by atoms with E-state index in [1.54, 1.807) is 0 Å². The summed E-state index contributed by atoms with van der Waals surface area (Å²) >= 11 is 0. The second kappa shape index (κ2) is 15.6. The highest BCUT2D eigenvalue weighted by Gasteiger charge is 2.37. The van der Waals surface area contributed by atoms with Gasteiger partial charge < -0.3 is 35.3 Å². The van der Waals surface area contributed by atoms with Crippen molar-refractivity contribution < 1.29 is 24.9 Å². The van der Waals surface area contributed by atoms with E-state index in [0.29, 0.717) is 6.42 Å². The number of rotatable bonds is 7. The Morgan fingerprint density at radius 1 is 0.920 bits per heavy atom. The Hall–Kier alpha value is -3.83. The molecular weight excluding hydrogens is 630 g/mol. The first-order valence-corrected chi connectivity index (χ1v) is 18.3. The van der Waals surface area contributed by atoms with Crippen LogP contribution in [0.25, 0.3) is 33.7 Å². The molecule has 0 aromatic carbocycles. The van der Waals surface area contributed by atoms with Gasteiger partial charge in [0.15, 0.2) is 6.29 Å². The lowest BCUT2D eigenvalue weighted by Crippen LogP contribution is -2.55. The molecule has 10 heteroatoms. The number of nitrogens with one attached hydrogen (secondary N) is 3. The zero-order chi connectivity index (χ0) is 36.4. The van der Waals surface area contributed by atoms with Crippen LogP contribution >= 0.6 is 0 Å². The minimum Gasteiger partial charge on any atom is -0.394 e. The Balaban J connectivity index is 0.00000239. The van der Waals surface area contributed by atoms with E-state index in [1.165, 1.54) is 22.3 Å². The normalized spacial score (nSPS) is 23.2. The number of carbonyl (C=O) groups is 1. The molecule has 1 saturated heterocycles. The summed E-state index contributed by atoms with van der Waals surface area (Å²) in [6.45, 7) is 18.6. The van der Waals surface area contributed by atoms with Crippen molar-refractivity contribution >= 4 is 39.6 Å². The molecule has 10 nitrogen and oxygen atoms in total. The molecule has 0 radical (unpaired) electrons. The van der Waals surface area contributed by atoms with Crippen LogP contribution in [0.1, 0.15) is 123 Å². The lowest BCUT2D eigenvalue weighted by Gasteiger charge is -2.36. The molecule has 3 unspecified atom stereocenters. The number of carbonyl (C=O) groups excluding carboxylic acids is 1. The van der Waals surface area contributed by atoms with Crippen molar-refractivity contribution in [1.82, 2.24) is 25.3 Å². The third-order valence-electron chi connectivity index (χ3n) is 10.7. The maximum absolute atomic E-state index is 13.2. The Morgan fingerprint density at radius 2 is 1.54 bits per heavy atom. The number of ether oxygens (including phenoxy) is 1. The molecule has 6 atom stereocenters. The Bertz CT molecular complexity index is 1920. The molecule has 1 amide bonds. The summed E-state index contributed by atoms with van der Waals surface area (Å²) in [7, 11) is 0. The average Bonchev–Trinajstić information content (AvgIpc) is 3.80. The molecule has 3 aromatic rings. The van der Waals surface area contributed by atoms with Crippen molar-refractivity contribution in [3.8, 4) is 0 Å². The molecule has 3 aliphatic rings. The van der Waals surface area contributed by atoms with E-state index in [0.717, 1.165) is 68.8 Å². The number of aliphatic hydroxyl groups is 3. The number of nitrogens with zero attached hydrogens (tertiary/aromatic N) is 2. The van der Waals surface area contributed by atoms with Crippen molar-refractivity contribution in [1.29, 1.82) is 0 Å². The van der Waals surface area contributed by atoms with Gasteiger partial charge in [0.05, 0.1) is 30.1 Å². The zero-order valence-electron chi connectivity index (χ0n) is 31.1. The summed E-state index contributed by atoms with van der Waals surface area (Å²) < 4.78 is 5.31. The number of hydrogen-bond acceptors (Lipinski definition) is 7. The molecule has 1 fully saturated rings. The molecule has 270 valence electrons. The smallest absolute Gasteiger partial charge is 0.220 e. The van der Waals surface area contributed by atoms with E-state index in [1.807, 2.05) is 13.8 Å². The third-order valence-corrected chi connectivity index (χ3v) is 10.7. The number of aliphatic hydroxyl groups excluding tert-OH is 3. The van der Waals surface area contributed by atoms with E-state index >= 15 is 0 Å². The molecular formula is C40H55N5O5. The highest BCUT2D eigenvalue weighted by molar-refractivity contribution is 5.85. The van der Waals surface area contributed by atoms with Gasteiger partial charge in [-0.15, -0.1) is 0 Å². The molecule has 0 spiro atoms. The van der Waals surface area contributed by atoms with Gasteiger partial charge in [-0.25, -0.2) is 4.98 Å². The van der Waals surface area contributed by atoms with Crippen LogP contribution in [0.15, 0.2) is 18.2 Å². The fourth-order valence-corrected chi connectivity index (χ4v) is 7.66. The monoisotopic (exact) mass is 685 g/mol. The molecule has 8 bridgehead atoms. The van der Waals surface area contributed by atoms with E-state index in [4.69, 9.17) is 14.7 Å². The highest BCUT2D eigenvalue weighted by Crippen LogP contribution is 2.42. The van der Waals surface area contributed by atoms with Crippen LogP contribution in [0, 0.1) is 20.8 Å². The maximum Gasteiger partial charge on any atom is 0.220 e. The molecule has 6 rings (SSSR count). The topological polar surface area (TPSA) is 156 Å². The van der Waals surface area contributed by atoms with Crippen molar-refractivity contribution in [2.24, 2.45) is 0 Å². The summed E-state index contributed by atoms with van der Waals surface area (Å²) in [6.07, 6.45) is 1.61. The molecule has 3 aliphatic heterocycles. The van der Waals surface area contributed by atoms with Crippen molar-refractivity contribution in [3.05, 3.63) is 68.8 Å². The van der Waals surface area contributed by atoms with E-state index in [9.17, 15) is 20.1 Å². The van der Waals surface area contributed by atoms with Gasteiger partial charge in [0.1, 0.15) is 6.10 Å². The van der Waals surface area contributed by atoms with Crippen LogP contribution in [-0.4, -0.2) is 72.3 Å². The summed E-state index contributed by atoms with van der Waals surface area (Å²) in [6, 6.07) is 5.79. The van der Waals surface area contributed by atoms with Crippen LogP contribution < -0.4 is 5.32 Å². The minimum atomic E-state index is -1.30. The minimum absolute atomic E-state index is 0.0363. The molecule has 0 saturated carbocycles. The lowest BCUT2D eigenvalue weighted by molar-refractivity contribution is -0.221. The number of aryl methyl sites for hydroxylation is 4. The van der Waals surface area contributed by atoms with Gasteiger partial charge in [-0.2, -0.15) is 0 Å². The lowest BCUT2D eigenvalue weighted by atomic mass is 9.85. The van der Waals surface area contributed by atoms with Crippen molar-refractivity contribution in [2.45, 2.75) is 131 Å². The van der Waals surface area contributed by atoms with E-state index < -0.39 is 31.1 Å². The Labute approximate surface area is 295 Å². The van der Waals surface area contributed by atoms with Gasteiger partial charge in [0.25, 0.3) is 0 Å². The summed E-state index contributed by atoms with van der Waals surface area (Å²) in [5, 5.41) is 32.9. The summed E-state index contributed by atoms with van der Waals surface area (Å²) in [5.41, 5.74) is 15.1. The van der Waals surface area contributed by atoms with Crippen LogP contribution in [0.4, 0.5) is 0 Å². The summed E-state index contributed by atoms with van der Waals surface area (Å²) in [5.74, 6) is -0.237. The predicted molar refractivity (Wildman–Crippen MR) is 200 cm³/mol. The van der Waals surface area contributed by atoms with Crippen LogP contribution in [0.2, 0.25) is 0 Å². The largest absolute Gasteiger partial charge is 0.394 e. The number of aromatic amines is 2. The Kier molecular flexibility index (Phi) is 11.7. The number of amides is 1. The fraction of sp³-hybridized carbons (Fsp3) is 0.525. The number of fused-ring (bicyclic) bond motifs is 8. The van der Waals surface area contributed by atoms with E-state index in [-0.39, 0.29) is 30.6 Å². The van der Waals surface area contributed by atoms with Gasteiger partial charge in [-0.1, -0.05) is 34.6 Å². The molecule has 3 aromatic heterocycles. The van der Waals surface area contributed by atoms with Crippen molar-refractivity contribution in [2.75, 3.05) is 6.61 Å². The maximum atomic E-state index is 13.2. The van der Waals surface area contributed by atoms with Crippen LogP contribution in [0.3, 0.4) is 0 Å². The predicted octanol–water partition coefficient (Wildman–Crippen LogP) is 6.56. The Morgan fingerprint density at radius 3 is 2.16 bits per heavy atom. The highest BCUT2D eigenvalue weighted by atomic mass is 16.6. The third kappa shape index (κ3) is 7.17. The first-order valence-electron chi connectivity index (χ1n) is 18.3. The molecule has 6 N–H and O–H groups in total. The van der Waals surface area contributed by atoms with Crippen molar-refractivity contribution in [3.63, 3.8) is 0 Å². The first-order chi connectivity index (χ1) is 23.9. The summed E-state index contributed by atoms with van der Waals surface area (Å²) in [4.78, 5) is 31.0. The average molecular weight is 686 g/mol. The van der Waals surface area contributed by atoms with E-state index in [2.05, 4.69) is 88.0 Å². The quantitative estimate of drug-likeness (QED) is 0.164. The zero-order valence-corrected chi connectivity index (χ0v) is 31.1. The molecule has 50 heavy (non-hydrogen) atoms. The number of allylic oxidation sites excluding steroid dienone is 1. The standard InChI is InChI=1S/C38H49N5O5.C2H6/c1-8-23-20(5)29-15-32-24(9-2)19(4)28(40-32)14-30-21(6)25(10-11-36(46)42-33-16-34(45)35(17-44)48-38(33)47)37(43-30)22(7)27-12-18(3)26(39-27)13-31(23)41-29;1-2/h12-15,21,25,33-35,38,40-41,44-45,47H,8-11,16-17H2,1-7H3,(H,42,46);1-2H3/t21?,25-,33-,34?,35+,38?;/m0./s1. The number of aromatic nitrogens is 4. The van der Waals surface area contributed by atoms with Gasteiger partial charge in [0, 0.05) is 58.1 Å². The molecule has 0 aliphatic carbocycles. The van der Waals surface area contributed by atoms with Crippen LogP contribution in [0.5, 0.6) is 0 Å². The molecule has 6 heterocycles. The van der Waals surface area contributed by atoms with Gasteiger partial charge in [0.2, 0.25) is 5.91 Å². The van der Waals surface area contributed by atoms with Crippen LogP contribution in [-0.2, 0) is 22.4 Å².